The Kier molecular flexibility index (Phi) is 2.02. The van der Waals surface area contributed by atoms with Crippen molar-refractivity contribution in [1.29, 1.82) is 0 Å². The van der Waals surface area contributed by atoms with E-state index in [-0.39, 0.29) is 11.1 Å². The molecular formula is C9H9ClFNO. The minimum absolute atomic E-state index is 0.0342. The maximum absolute atomic E-state index is 13.0. The van der Waals surface area contributed by atoms with Crippen LogP contribution in [-0.4, -0.2) is 11.1 Å². The summed E-state index contributed by atoms with van der Waals surface area (Å²) in [5.41, 5.74) is 7.02. The minimum Gasteiger partial charge on any atom is -0.387 e. The van der Waals surface area contributed by atoms with Crippen LogP contribution < -0.4 is 5.73 Å². The molecule has 4 heteroatoms. The Morgan fingerprint density at radius 3 is 2.92 bits per heavy atom. The van der Waals surface area contributed by atoms with Gasteiger partial charge in [-0.05, 0) is 29.7 Å². The van der Waals surface area contributed by atoms with Gasteiger partial charge in [-0.3, -0.25) is 0 Å². The number of hydrogen-bond donors (Lipinski definition) is 2. The van der Waals surface area contributed by atoms with Crippen molar-refractivity contribution in [1.82, 2.24) is 0 Å². The standard InChI is InChI=1S/C9H9ClFNO/c10-6-3-5-4(1-7(6)11)2-8(12)9(5)13/h1,3,8-9,13H,2,12H2/t8-,9-/m0/s1. The van der Waals surface area contributed by atoms with Crippen molar-refractivity contribution in [2.75, 3.05) is 0 Å². The average Bonchev–Trinajstić information content (AvgIpc) is 2.32. The Morgan fingerprint density at radius 1 is 1.54 bits per heavy atom. The number of halogens is 2. The molecule has 0 saturated heterocycles. The van der Waals surface area contributed by atoms with Crippen LogP contribution in [-0.2, 0) is 6.42 Å². The minimum atomic E-state index is -0.715. The fraction of sp³-hybridized carbons (Fsp3) is 0.333. The average molecular weight is 202 g/mol. The summed E-state index contributed by atoms with van der Waals surface area (Å²) in [5.74, 6) is -0.457. The van der Waals surface area contributed by atoms with Crippen LogP contribution in [0.1, 0.15) is 17.2 Å². The van der Waals surface area contributed by atoms with Crippen LogP contribution in [0.25, 0.3) is 0 Å². The van der Waals surface area contributed by atoms with Gasteiger partial charge in [-0.1, -0.05) is 11.6 Å². The van der Waals surface area contributed by atoms with Gasteiger partial charge in [0.25, 0.3) is 0 Å². The largest absolute Gasteiger partial charge is 0.387 e. The molecule has 2 rings (SSSR count). The molecule has 3 N–H and O–H groups in total. The molecule has 0 fully saturated rings. The number of aliphatic hydroxyl groups excluding tert-OH is 1. The summed E-state index contributed by atoms with van der Waals surface area (Å²) in [7, 11) is 0. The lowest BCUT2D eigenvalue weighted by molar-refractivity contribution is 0.159. The zero-order valence-corrected chi connectivity index (χ0v) is 7.55. The van der Waals surface area contributed by atoms with E-state index in [1.165, 1.54) is 12.1 Å². The fourth-order valence-corrected chi connectivity index (χ4v) is 1.82. The summed E-state index contributed by atoms with van der Waals surface area (Å²) in [5, 5.41) is 9.59. The van der Waals surface area contributed by atoms with Crippen molar-refractivity contribution in [3.8, 4) is 0 Å². The Hall–Kier alpha value is -0.640. The second-order valence-electron chi connectivity index (χ2n) is 3.28. The van der Waals surface area contributed by atoms with Crippen molar-refractivity contribution in [2.45, 2.75) is 18.6 Å². The molecule has 1 aliphatic carbocycles. The molecule has 13 heavy (non-hydrogen) atoms. The summed E-state index contributed by atoms with van der Waals surface area (Å²) >= 11 is 5.58. The normalized spacial score (nSPS) is 26.2. The molecule has 70 valence electrons. The van der Waals surface area contributed by atoms with Gasteiger partial charge >= 0.3 is 0 Å². The zero-order chi connectivity index (χ0) is 9.59. The number of hydrogen-bond acceptors (Lipinski definition) is 2. The van der Waals surface area contributed by atoms with Crippen LogP contribution >= 0.6 is 11.6 Å². The molecule has 2 atom stereocenters. The van der Waals surface area contributed by atoms with Crippen molar-refractivity contribution in [2.24, 2.45) is 5.73 Å². The number of benzene rings is 1. The van der Waals surface area contributed by atoms with E-state index in [1.54, 1.807) is 0 Å². The Labute approximate surface area is 80.1 Å². The van der Waals surface area contributed by atoms with Gasteiger partial charge < -0.3 is 10.8 Å². The van der Waals surface area contributed by atoms with E-state index in [0.717, 1.165) is 5.56 Å². The molecular weight excluding hydrogens is 193 g/mol. The predicted molar refractivity (Wildman–Crippen MR) is 48.0 cm³/mol. The number of rotatable bonds is 0. The molecule has 0 aromatic heterocycles. The molecule has 1 aliphatic rings. The lowest BCUT2D eigenvalue weighted by Crippen LogP contribution is -2.24. The third-order valence-corrected chi connectivity index (χ3v) is 2.65. The maximum Gasteiger partial charge on any atom is 0.142 e. The van der Waals surface area contributed by atoms with Gasteiger partial charge in [-0.15, -0.1) is 0 Å². The van der Waals surface area contributed by atoms with E-state index >= 15 is 0 Å². The van der Waals surface area contributed by atoms with E-state index in [4.69, 9.17) is 17.3 Å². The van der Waals surface area contributed by atoms with Crippen LogP contribution in [0, 0.1) is 5.82 Å². The van der Waals surface area contributed by atoms with Gasteiger partial charge in [0.1, 0.15) is 5.82 Å². The lowest BCUT2D eigenvalue weighted by atomic mass is 10.1. The van der Waals surface area contributed by atoms with Gasteiger partial charge in [0, 0.05) is 6.04 Å². The lowest BCUT2D eigenvalue weighted by Gasteiger charge is -2.08. The van der Waals surface area contributed by atoms with Crippen LogP contribution in [0.3, 0.4) is 0 Å². The van der Waals surface area contributed by atoms with E-state index < -0.39 is 11.9 Å². The maximum atomic E-state index is 13.0. The smallest absolute Gasteiger partial charge is 0.142 e. The number of fused-ring (bicyclic) bond motifs is 1. The summed E-state index contributed by atoms with van der Waals surface area (Å²) in [6.45, 7) is 0. The molecule has 2 nitrogen and oxygen atoms in total. The van der Waals surface area contributed by atoms with Gasteiger partial charge in [0.05, 0.1) is 11.1 Å². The van der Waals surface area contributed by atoms with Crippen LogP contribution in [0.4, 0.5) is 4.39 Å². The highest BCUT2D eigenvalue weighted by atomic mass is 35.5. The summed E-state index contributed by atoms with van der Waals surface area (Å²) in [6.07, 6.45) is -0.210. The third kappa shape index (κ3) is 1.33. The first-order valence-corrected chi connectivity index (χ1v) is 4.39. The Morgan fingerprint density at radius 2 is 2.23 bits per heavy atom. The van der Waals surface area contributed by atoms with Crippen molar-refractivity contribution in [3.05, 3.63) is 34.1 Å². The summed E-state index contributed by atoms with van der Waals surface area (Å²) in [4.78, 5) is 0. The number of aliphatic hydroxyl groups is 1. The summed E-state index contributed by atoms with van der Waals surface area (Å²) < 4.78 is 13.0. The van der Waals surface area contributed by atoms with Crippen LogP contribution in [0.15, 0.2) is 12.1 Å². The fourth-order valence-electron chi connectivity index (χ4n) is 1.65. The second kappa shape index (κ2) is 2.94. The topological polar surface area (TPSA) is 46.2 Å². The van der Waals surface area contributed by atoms with E-state index in [9.17, 15) is 9.50 Å². The van der Waals surface area contributed by atoms with E-state index in [1.807, 2.05) is 0 Å². The van der Waals surface area contributed by atoms with Crippen molar-refractivity contribution < 1.29 is 9.50 Å². The van der Waals surface area contributed by atoms with Gasteiger partial charge in [-0.25, -0.2) is 4.39 Å². The highest BCUT2D eigenvalue weighted by molar-refractivity contribution is 6.30. The molecule has 0 unspecified atom stereocenters. The highest BCUT2D eigenvalue weighted by Crippen LogP contribution is 2.33. The van der Waals surface area contributed by atoms with E-state index in [0.29, 0.717) is 12.0 Å². The third-order valence-electron chi connectivity index (χ3n) is 2.36. The molecule has 0 radical (unpaired) electrons. The first-order chi connectivity index (χ1) is 6.09. The molecule has 1 aromatic rings. The zero-order valence-electron chi connectivity index (χ0n) is 6.80. The van der Waals surface area contributed by atoms with Gasteiger partial charge in [0.15, 0.2) is 0 Å². The predicted octanol–water partition coefficient (Wildman–Crippen LogP) is 1.40. The number of nitrogens with two attached hydrogens (primary N) is 1. The first-order valence-electron chi connectivity index (χ1n) is 4.01. The molecule has 0 saturated carbocycles. The molecule has 0 heterocycles. The molecule has 0 bridgehead atoms. The van der Waals surface area contributed by atoms with E-state index in [2.05, 4.69) is 0 Å². The van der Waals surface area contributed by atoms with Crippen molar-refractivity contribution >= 4 is 11.6 Å². The summed E-state index contributed by atoms with van der Waals surface area (Å²) in [6, 6.07) is 2.45. The molecule has 0 amide bonds. The molecule has 0 aliphatic heterocycles. The highest BCUT2D eigenvalue weighted by Gasteiger charge is 2.29. The monoisotopic (exact) mass is 201 g/mol. The Bertz CT molecular complexity index is 356. The van der Waals surface area contributed by atoms with Crippen LogP contribution in [0.5, 0.6) is 0 Å². The quantitative estimate of drug-likeness (QED) is 0.667. The van der Waals surface area contributed by atoms with Crippen LogP contribution in [0.2, 0.25) is 5.02 Å². The van der Waals surface area contributed by atoms with Gasteiger partial charge in [0.2, 0.25) is 0 Å². The second-order valence-corrected chi connectivity index (χ2v) is 3.69. The molecule has 1 aromatic carbocycles. The first kappa shape index (κ1) is 8.94. The van der Waals surface area contributed by atoms with Gasteiger partial charge in [-0.2, -0.15) is 0 Å². The molecule has 0 spiro atoms. The Balaban J connectivity index is 2.53. The SMILES string of the molecule is N[C@H]1Cc2cc(F)c(Cl)cc2[C@@H]1O. The van der Waals surface area contributed by atoms with Crippen molar-refractivity contribution in [3.63, 3.8) is 0 Å².